The first-order valence-corrected chi connectivity index (χ1v) is 9.71. The summed E-state index contributed by atoms with van der Waals surface area (Å²) in [7, 11) is 0. The SMILES string of the molecule is O=C(Nc1ccc(C(=O)N2CCCC2)cc1)c1cccnc1N1CCOCC1. The van der Waals surface area contributed by atoms with Gasteiger partial charge in [-0.15, -0.1) is 0 Å². The molecule has 146 valence electrons. The smallest absolute Gasteiger partial charge is 0.259 e. The third-order valence-corrected chi connectivity index (χ3v) is 5.12. The van der Waals surface area contributed by atoms with Crippen molar-refractivity contribution >= 4 is 23.3 Å². The van der Waals surface area contributed by atoms with Crippen molar-refractivity contribution in [2.45, 2.75) is 12.8 Å². The first kappa shape index (κ1) is 18.4. The maximum Gasteiger partial charge on any atom is 0.259 e. The zero-order valence-corrected chi connectivity index (χ0v) is 15.8. The lowest BCUT2D eigenvalue weighted by molar-refractivity contribution is 0.0792. The van der Waals surface area contributed by atoms with E-state index in [2.05, 4.69) is 15.2 Å². The highest BCUT2D eigenvalue weighted by Crippen LogP contribution is 2.21. The van der Waals surface area contributed by atoms with Crippen molar-refractivity contribution in [2.75, 3.05) is 49.6 Å². The second kappa shape index (κ2) is 8.39. The minimum Gasteiger partial charge on any atom is -0.378 e. The van der Waals surface area contributed by atoms with Crippen LogP contribution in [0.4, 0.5) is 11.5 Å². The number of carbonyl (C=O) groups is 2. The Bertz CT molecular complexity index is 841. The molecule has 3 heterocycles. The Morgan fingerprint density at radius 2 is 1.68 bits per heavy atom. The maximum atomic E-state index is 12.8. The van der Waals surface area contributed by atoms with Gasteiger partial charge in [0, 0.05) is 43.6 Å². The predicted molar refractivity (Wildman–Crippen MR) is 107 cm³/mol. The molecule has 7 heteroatoms. The number of carbonyl (C=O) groups excluding carboxylic acids is 2. The Hall–Kier alpha value is -2.93. The van der Waals surface area contributed by atoms with E-state index in [-0.39, 0.29) is 11.8 Å². The van der Waals surface area contributed by atoms with Crippen LogP contribution in [0, 0.1) is 0 Å². The summed E-state index contributed by atoms with van der Waals surface area (Å²) in [6, 6.07) is 10.6. The number of rotatable bonds is 4. The fraction of sp³-hybridized carbons (Fsp3) is 0.381. The van der Waals surface area contributed by atoms with Crippen molar-refractivity contribution in [2.24, 2.45) is 0 Å². The van der Waals surface area contributed by atoms with Gasteiger partial charge in [-0.05, 0) is 49.2 Å². The molecule has 2 saturated heterocycles. The number of anilines is 2. The number of nitrogens with zero attached hydrogens (tertiary/aromatic N) is 3. The number of likely N-dealkylation sites (tertiary alicyclic amines) is 1. The van der Waals surface area contributed by atoms with E-state index in [0.29, 0.717) is 48.9 Å². The number of amides is 2. The summed E-state index contributed by atoms with van der Waals surface area (Å²) in [4.78, 5) is 33.6. The largest absolute Gasteiger partial charge is 0.378 e. The Balaban J connectivity index is 1.46. The predicted octanol–water partition coefficient (Wildman–Crippen LogP) is 2.41. The third-order valence-electron chi connectivity index (χ3n) is 5.12. The van der Waals surface area contributed by atoms with Gasteiger partial charge in [-0.2, -0.15) is 0 Å². The van der Waals surface area contributed by atoms with Gasteiger partial charge in [0.1, 0.15) is 5.82 Å². The second-order valence-corrected chi connectivity index (χ2v) is 7.00. The molecule has 28 heavy (non-hydrogen) atoms. The molecule has 1 aromatic carbocycles. The van der Waals surface area contributed by atoms with Crippen molar-refractivity contribution in [1.29, 1.82) is 0 Å². The standard InChI is InChI=1S/C21H24N4O3/c26-20(18-4-3-9-22-19(18)24-12-14-28-15-13-24)23-17-7-5-16(6-8-17)21(27)25-10-1-2-11-25/h3-9H,1-2,10-15H2,(H,23,26). The molecule has 0 aliphatic carbocycles. The Morgan fingerprint density at radius 3 is 2.39 bits per heavy atom. The maximum absolute atomic E-state index is 12.8. The van der Waals surface area contributed by atoms with Crippen LogP contribution >= 0.6 is 0 Å². The van der Waals surface area contributed by atoms with E-state index in [0.717, 1.165) is 25.9 Å². The van der Waals surface area contributed by atoms with Crippen molar-refractivity contribution in [3.05, 3.63) is 53.7 Å². The lowest BCUT2D eigenvalue weighted by Crippen LogP contribution is -2.38. The number of benzene rings is 1. The molecule has 0 bridgehead atoms. The molecule has 0 spiro atoms. The number of pyridine rings is 1. The molecular formula is C21H24N4O3. The zero-order valence-electron chi connectivity index (χ0n) is 15.8. The number of nitrogens with one attached hydrogen (secondary N) is 1. The normalized spacial score (nSPS) is 16.9. The second-order valence-electron chi connectivity index (χ2n) is 7.00. The average molecular weight is 380 g/mol. The highest BCUT2D eigenvalue weighted by molar-refractivity contribution is 6.07. The van der Waals surface area contributed by atoms with Gasteiger partial charge in [-0.3, -0.25) is 9.59 Å². The van der Waals surface area contributed by atoms with E-state index >= 15 is 0 Å². The number of hydrogen-bond donors (Lipinski definition) is 1. The van der Waals surface area contributed by atoms with Crippen molar-refractivity contribution in [3.8, 4) is 0 Å². The van der Waals surface area contributed by atoms with Crippen LogP contribution in [0.1, 0.15) is 33.6 Å². The van der Waals surface area contributed by atoms with Gasteiger partial charge in [0.2, 0.25) is 0 Å². The molecule has 1 aromatic heterocycles. The van der Waals surface area contributed by atoms with Crippen LogP contribution in [-0.2, 0) is 4.74 Å². The van der Waals surface area contributed by atoms with Crippen molar-refractivity contribution < 1.29 is 14.3 Å². The molecule has 2 aliphatic rings. The Morgan fingerprint density at radius 1 is 0.964 bits per heavy atom. The van der Waals surface area contributed by atoms with Gasteiger partial charge in [-0.25, -0.2) is 4.98 Å². The van der Waals surface area contributed by atoms with Gasteiger partial charge >= 0.3 is 0 Å². The number of morpholine rings is 1. The fourth-order valence-corrected chi connectivity index (χ4v) is 3.60. The summed E-state index contributed by atoms with van der Waals surface area (Å²) in [5.41, 5.74) is 1.83. The fourth-order valence-electron chi connectivity index (χ4n) is 3.60. The van der Waals surface area contributed by atoms with Crippen LogP contribution in [0.2, 0.25) is 0 Å². The molecule has 1 N–H and O–H groups in total. The zero-order chi connectivity index (χ0) is 19.3. The Labute approximate surface area is 164 Å². The van der Waals surface area contributed by atoms with E-state index in [1.165, 1.54) is 0 Å². The lowest BCUT2D eigenvalue weighted by atomic mass is 10.1. The minimum absolute atomic E-state index is 0.0530. The highest BCUT2D eigenvalue weighted by Gasteiger charge is 2.21. The lowest BCUT2D eigenvalue weighted by Gasteiger charge is -2.29. The molecule has 4 rings (SSSR count). The summed E-state index contributed by atoms with van der Waals surface area (Å²) >= 11 is 0. The van der Waals surface area contributed by atoms with E-state index in [1.807, 2.05) is 4.90 Å². The van der Waals surface area contributed by atoms with Crippen LogP contribution in [0.5, 0.6) is 0 Å². The van der Waals surface area contributed by atoms with Crippen LogP contribution < -0.4 is 10.2 Å². The monoisotopic (exact) mass is 380 g/mol. The average Bonchev–Trinajstić information content (AvgIpc) is 3.29. The summed E-state index contributed by atoms with van der Waals surface area (Å²) in [5.74, 6) is 0.509. The van der Waals surface area contributed by atoms with E-state index in [4.69, 9.17) is 4.74 Å². The van der Waals surface area contributed by atoms with Crippen LogP contribution in [0.25, 0.3) is 0 Å². The van der Waals surface area contributed by atoms with Crippen molar-refractivity contribution in [1.82, 2.24) is 9.88 Å². The van der Waals surface area contributed by atoms with E-state index in [1.54, 1.807) is 42.6 Å². The van der Waals surface area contributed by atoms with Crippen LogP contribution in [0.3, 0.4) is 0 Å². The van der Waals surface area contributed by atoms with E-state index in [9.17, 15) is 9.59 Å². The number of ether oxygens (including phenoxy) is 1. The summed E-state index contributed by atoms with van der Waals surface area (Å²) in [5, 5.41) is 2.91. The molecular weight excluding hydrogens is 356 g/mol. The molecule has 0 saturated carbocycles. The minimum atomic E-state index is -0.215. The van der Waals surface area contributed by atoms with Gasteiger partial charge in [-0.1, -0.05) is 0 Å². The third kappa shape index (κ3) is 3.99. The molecule has 0 radical (unpaired) electrons. The molecule has 0 atom stereocenters. The van der Waals surface area contributed by atoms with Gasteiger partial charge < -0.3 is 19.9 Å². The molecule has 2 aliphatic heterocycles. The number of aromatic nitrogens is 1. The molecule has 0 unspecified atom stereocenters. The van der Waals surface area contributed by atoms with E-state index < -0.39 is 0 Å². The summed E-state index contributed by atoms with van der Waals surface area (Å²) in [6.45, 7) is 4.33. The van der Waals surface area contributed by atoms with Gasteiger partial charge in [0.15, 0.2) is 0 Å². The van der Waals surface area contributed by atoms with Gasteiger partial charge in [0.25, 0.3) is 11.8 Å². The highest BCUT2D eigenvalue weighted by atomic mass is 16.5. The quantitative estimate of drug-likeness (QED) is 0.882. The van der Waals surface area contributed by atoms with Crippen LogP contribution in [-0.4, -0.2) is 61.1 Å². The van der Waals surface area contributed by atoms with Gasteiger partial charge in [0.05, 0.1) is 18.8 Å². The molecule has 2 aromatic rings. The topological polar surface area (TPSA) is 74.8 Å². The molecule has 2 amide bonds. The summed E-state index contributed by atoms with van der Waals surface area (Å²) < 4.78 is 5.38. The van der Waals surface area contributed by atoms with Crippen LogP contribution in [0.15, 0.2) is 42.6 Å². The first-order chi connectivity index (χ1) is 13.7. The Kier molecular flexibility index (Phi) is 5.53. The van der Waals surface area contributed by atoms with Crippen molar-refractivity contribution in [3.63, 3.8) is 0 Å². The molecule has 2 fully saturated rings. The molecule has 7 nitrogen and oxygen atoms in total. The first-order valence-electron chi connectivity index (χ1n) is 9.71. The summed E-state index contributed by atoms with van der Waals surface area (Å²) in [6.07, 6.45) is 3.83. The number of hydrogen-bond acceptors (Lipinski definition) is 5.